The predicted molar refractivity (Wildman–Crippen MR) is 74.3 cm³/mol. The van der Waals surface area contributed by atoms with Crippen LogP contribution in [-0.4, -0.2) is 12.6 Å². The second-order valence-electron chi connectivity index (χ2n) is 4.91. The fraction of sp³-hybridized carbons (Fsp3) is 0.250. The van der Waals surface area contributed by atoms with Crippen LogP contribution < -0.4 is 10.6 Å². The summed E-state index contributed by atoms with van der Waals surface area (Å²) in [5.41, 5.74) is 2.28. The standard InChI is InChI=1S/C16H18N2/c1-13-12-17-16(18-13,14-8-4-2-5-9-14)15-10-6-3-7-11-15/h2-11,13,17-18H,12H2,1H3. The van der Waals surface area contributed by atoms with E-state index in [4.69, 9.17) is 0 Å². The van der Waals surface area contributed by atoms with E-state index in [0.717, 1.165) is 6.54 Å². The molecule has 0 spiro atoms. The van der Waals surface area contributed by atoms with Gasteiger partial charge in [0.05, 0.1) is 0 Å². The number of hydrogen-bond donors (Lipinski definition) is 2. The van der Waals surface area contributed by atoms with Gasteiger partial charge in [-0.25, -0.2) is 0 Å². The molecule has 1 heterocycles. The Morgan fingerprint density at radius 1 is 0.889 bits per heavy atom. The Morgan fingerprint density at radius 2 is 1.39 bits per heavy atom. The number of nitrogens with one attached hydrogen (secondary N) is 2. The van der Waals surface area contributed by atoms with Crippen LogP contribution in [0.15, 0.2) is 60.7 Å². The third kappa shape index (κ3) is 1.84. The first-order valence-corrected chi connectivity index (χ1v) is 6.45. The maximum Gasteiger partial charge on any atom is 0.122 e. The number of hydrogen-bond acceptors (Lipinski definition) is 2. The van der Waals surface area contributed by atoms with Crippen molar-refractivity contribution in [1.82, 2.24) is 10.6 Å². The molecule has 1 aliphatic rings. The summed E-state index contributed by atoms with van der Waals surface area (Å²) in [7, 11) is 0. The molecular weight excluding hydrogens is 220 g/mol. The van der Waals surface area contributed by atoms with Crippen LogP contribution in [0, 0.1) is 0 Å². The monoisotopic (exact) mass is 238 g/mol. The largest absolute Gasteiger partial charge is 0.290 e. The molecule has 0 radical (unpaired) electrons. The van der Waals surface area contributed by atoms with Gasteiger partial charge in [0.2, 0.25) is 0 Å². The minimum Gasteiger partial charge on any atom is -0.290 e. The lowest BCUT2D eigenvalue weighted by atomic mass is 9.92. The van der Waals surface area contributed by atoms with Gasteiger partial charge in [0, 0.05) is 12.6 Å². The molecule has 1 unspecified atom stereocenters. The zero-order chi connectivity index (χ0) is 12.4. The highest BCUT2D eigenvalue weighted by Crippen LogP contribution is 2.30. The Bertz CT molecular complexity index is 468. The molecule has 0 saturated carbocycles. The van der Waals surface area contributed by atoms with E-state index in [-0.39, 0.29) is 5.66 Å². The van der Waals surface area contributed by atoms with Gasteiger partial charge < -0.3 is 0 Å². The molecule has 3 rings (SSSR count). The van der Waals surface area contributed by atoms with Crippen molar-refractivity contribution in [2.45, 2.75) is 18.6 Å². The Morgan fingerprint density at radius 3 is 1.78 bits per heavy atom. The lowest BCUT2D eigenvalue weighted by Gasteiger charge is -2.31. The van der Waals surface area contributed by atoms with Gasteiger partial charge in [0.15, 0.2) is 0 Å². The first kappa shape index (κ1) is 11.5. The van der Waals surface area contributed by atoms with Gasteiger partial charge >= 0.3 is 0 Å². The summed E-state index contributed by atoms with van der Waals surface area (Å²) in [5.74, 6) is 0. The molecule has 1 aliphatic heterocycles. The Hall–Kier alpha value is -1.64. The minimum atomic E-state index is -0.248. The molecule has 1 atom stereocenters. The van der Waals surface area contributed by atoms with Gasteiger partial charge in [-0.1, -0.05) is 60.7 Å². The van der Waals surface area contributed by atoms with E-state index in [1.54, 1.807) is 0 Å². The van der Waals surface area contributed by atoms with Crippen LogP contribution in [0.25, 0.3) is 0 Å². The van der Waals surface area contributed by atoms with Crippen molar-refractivity contribution < 1.29 is 0 Å². The quantitative estimate of drug-likeness (QED) is 0.840. The number of benzene rings is 2. The predicted octanol–water partition coefficient (Wildman–Crippen LogP) is 2.47. The fourth-order valence-corrected chi connectivity index (χ4v) is 2.69. The Balaban J connectivity index is 2.11. The summed E-state index contributed by atoms with van der Waals surface area (Å²) in [6.07, 6.45) is 0. The van der Waals surface area contributed by atoms with E-state index in [1.165, 1.54) is 11.1 Å². The highest BCUT2D eigenvalue weighted by atomic mass is 15.3. The molecule has 1 saturated heterocycles. The summed E-state index contributed by atoms with van der Waals surface area (Å²) in [5, 5.41) is 7.33. The highest BCUT2D eigenvalue weighted by molar-refractivity contribution is 5.39. The fourth-order valence-electron chi connectivity index (χ4n) is 2.69. The van der Waals surface area contributed by atoms with E-state index in [0.29, 0.717) is 6.04 Å². The maximum atomic E-state index is 3.69. The third-order valence-electron chi connectivity index (χ3n) is 3.55. The Labute approximate surface area is 108 Å². The number of rotatable bonds is 2. The molecule has 2 aromatic carbocycles. The second kappa shape index (κ2) is 4.56. The van der Waals surface area contributed by atoms with Gasteiger partial charge in [-0.3, -0.25) is 10.6 Å². The van der Waals surface area contributed by atoms with Crippen LogP contribution in [0.2, 0.25) is 0 Å². The van der Waals surface area contributed by atoms with Crippen molar-refractivity contribution >= 4 is 0 Å². The lowest BCUT2D eigenvalue weighted by molar-refractivity contribution is 0.409. The molecule has 0 aliphatic carbocycles. The van der Waals surface area contributed by atoms with Crippen molar-refractivity contribution in [3.8, 4) is 0 Å². The molecule has 1 fully saturated rings. The van der Waals surface area contributed by atoms with Gasteiger partial charge in [-0.15, -0.1) is 0 Å². The molecule has 0 aromatic heterocycles. The van der Waals surface area contributed by atoms with Gasteiger partial charge in [0.25, 0.3) is 0 Å². The van der Waals surface area contributed by atoms with Crippen LogP contribution in [0.5, 0.6) is 0 Å². The van der Waals surface area contributed by atoms with Crippen LogP contribution in [0.4, 0.5) is 0 Å². The SMILES string of the molecule is CC1CNC(c2ccccc2)(c2ccccc2)N1. The summed E-state index contributed by atoms with van der Waals surface area (Å²) in [6, 6.07) is 21.6. The van der Waals surface area contributed by atoms with Gasteiger partial charge in [-0.2, -0.15) is 0 Å². The summed E-state index contributed by atoms with van der Waals surface area (Å²) in [4.78, 5) is 0. The first-order chi connectivity index (χ1) is 8.81. The van der Waals surface area contributed by atoms with Crippen molar-refractivity contribution in [2.75, 3.05) is 6.54 Å². The van der Waals surface area contributed by atoms with E-state index < -0.39 is 0 Å². The zero-order valence-electron chi connectivity index (χ0n) is 10.6. The van der Waals surface area contributed by atoms with E-state index >= 15 is 0 Å². The molecule has 0 bridgehead atoms. The first-order valence-electron chi connectivity index (χ1n) is 6.45. The summed E-state index contributed by atoms with van der Waals surface area (Å²) in [6.45, 7) is 3.18. The minimum absolute atomic E-state index is 0.248. The molecule has 0 amide bonds. The van der Waals surface area contributed by atoms with E-state index in [2.05, 4.69) is 78.2 Å². The second-order valence-corrected chi connectivity index (χ2v) is 4.91. The molecule has 2 heteroatoms. The summed E-state index contributed by atoms with van der Waals surface area (Å²) < 4.78 is 0. The molecule has 2 nitrogen and oxygen atoms in total. The van der Waals surface area contributed by atoms with Crippen LogP contribution >= 0.6 is 0 Å². The van der Waals surface area contributed by atoms with Gasteiger partial charge in [-0.05, 0) is 18.1 Å². The Kier molecular flexibility index (Phi) is 2.90. The average molecular weight is 238 g/mol. The maximum absolute atomic E-state index is 3.69. The van der Waals surface area contributed by atoms with Crippen LogP contribution in [0.1, 0.15) is 18.1 Å². The lowest BCUT2D eigenvalue weighted by Crippen LogP contribution is -2.47. The van der Waals surface area contributed by atoms with E-state index in [9.17, 15) is 0 Å². The van der Waals surface area contributed by atoms with Crippen LogP contribution in [-0.2, 0) is 5.66 Å². The van der Waals surface area contributed by atoms with E-state index in [1.807, 2.05) is 0 Å². The smallest absolute Gasteiger partial charge is 0.122 e. The van der Waals surface area contributed by atoms with Crippen molar-refractivity contribution in [1.29, 1.82) is 0 Å². The topological polar surface area (TPSA) is 24.1 Å². The normalized spacial score (nSPS) is 21.9. The third-order valence-corrected chi connectivity index (χ3v) is 3.55. The van der Waals surface area contributed by atoms with Gasteiger partial charge in [0.1, 0.15) is 5.66 Å². The molecule has 2 N–H and O–H groups in total. The van der Waals surface area contributed by atoms with Crippen molar-refractivity contribution in [3.05, 3.63) is 71.8 Å². The van der Waals surface area contributed by atoms with Crippen molar-refractivity contribution in [3.63, 3.8) is 0 Å². The van der Waals surface area contributed by atoms with Crippen molar-refractivity contribution in [2.24, 2.45) is 0 Å². The molecule has 92 valence electrons. The molecule has 18 heavy (non-hydrogen) atoms. The highest BCUT2D eigenvalue weighted by Gasteiger charge is 2.39. The zero-order valence-corrected chi connectivity index (χ0v) is 10.6. The molecule has 2 aromatic rings. The summed E-state index contributed by atoms with van der Waals surface area (Å²) >= 11 is 0. The average Bonchev–Trinajstić information content (AvgIpc) is 2.84. The van der Waals surface area contributed by atoms with Crippen LogP contribution in [0.3, 0.4) is 0 Å². The molecular formula is C16H18N2.